The molecule has 0 radical (unpaired) electrons. The van der Waals surface area contributed by atoms with Gasteiger partial charge in [-0.3, -0.25) is 16.0 Å². The molecule has 2 aromatic rings. The number of hydrogen-bond donors (Lipinski definition) is 2. The molecule has 1 heterocycles. The van der Waals surface area contributed by atoms with Gasteiger partial charge >= 0.3 is 0 Å². The minimum atomic E-state index is 0.0890. The number of aryl methyl sites for hydroxylation is 3. The first kappa shape index (κ1) is 14.8. The summed E-state index contributed by atoms with van der Waals surface area (Å²) in [6.07, 6.45) is 3.78. The van der Waals surface area contributed by atoms with E-state index in [-0.39, 0.29) is 6.04 Å². The lowest BCUT2D eigenvalue weighted by molar-refractivity contribution is 0.478. The van der Waals surface area contributed by atoms with Crippen molar-refractivity contribution in [1.29, 1.82) is 0 Å². The Labute approximate surface area is 121 Å². The fourth-order valence-electron chi connectivity index (χ4n) is 2.45. The van der Waals surface area contributed by atoms with Gasteiger partial charge in [-0.05, 0) is 49.4 Å². The highest BCUT2D eigenvalue weighted by Gasteiger charge is 2.15. The smallest absolute Gasteiger partial charge is 0.0669 e. The SMILES string of the molecule is CCCn1nccc1C(Cc1ccc(C)c(C)c1)NN. The molecule has 0 aliphatic rings. The van der Waals surface area contributed by atoms with Crippen LogP contribution in [0.3, 0.4) is 0 Å². The molecule has 4 nitrogen and oxygen atoms in total. The van der Waals surface area contributed by atoms with Gasteiger partial charge in [-0.2, -0.15) is 5.10 Å². The van der Waals surface area contributed by atoms with E-state index in [1.165, 1.54) is 16.7 Å². The monoisotopic (exact) mass is 272 g/mol. The van der Waals surface area contributed by atoms with Crippen LogP contribution in [0.4, 0.5) is 0 Å². The summed E-state index contributed by atoms with van der Waals surface area (Å²) in [5.74, 6) is 5.75. The van der Waals surface area contributed by atoms with E-state index in [0.29, 0.717) is 0 Å². The molecular formula is C16H24N4. The second-order valence-electron chi connectivity index (χ2n) is 5.32. The molecule has 3 N–H and O–H groups in total. The molecule has 0 aliphatic carbocycles. The average molecular weight is 272 g/mol. The molecule has 0 aliphatic heterocycles. The van der Waals surface area contributed by atoms with Crippen LogP contribution < -0.4 is 11.3 Å². The van der Waals surface area contributed by atoms with Gasteiger partial charge in [-0.25, -0.2) is 0 Å². The highest BCUT2D eigenvalue weighted by molar-refractivity contribution is 5.31. The summed E-state index contributed by atoms with van der Waals surface area (Å²) in [4.78, 5) is 0. The Bertz CT molecular complexity index is 559. The first-order valence-electron chi connectivity index (χ1n) is 7.19. The van der Waals surface area contributed by atoms with Gasteiger partial charge in [0.05, 0.1) is 11.7 Å². The Hall–Kier alpha value is -1.65. The molecule has 1 atom stereocenters. The third-order valence-corrected chi connectivity index (χ3v) is 3.75. The third-order valence-electron chi connectivity index (χ3n) is 3.75. The van der Waals surface area contributed by atoms with Crippen LogP contribution in [0.25, 0.3) is 0 Å². The van der Waals surface area contributed by atoms with E-state index in [0.717, 1.165) is 25.1 Å². The van der Waals surface area contributed by atoms with E-state index in [2.05, 4.69) is 49.5 Å². The molecule has 0 saturated heterocycles. The van der Waals surface area contributed by atoms with Crippen molar-refractivity contribution in [2.24, 2.45) is 5.84 Å². The second kappa shape index (κ2) is 6.68. The largest absolute Gasteiger partial charge is 0.271 e. The summed E-state index contributed by atoms with van der Waals surface area (Å²) in [5, 5.41) is 4.37. The van der Waals surface area contributed by atoms with Gasteiger partial charge in [0.25, 0.3) is 0 Å². The Morgan fingerprint density at radius 3 is 2.70 bits per heavy atom. The summed E-state index contributed by atoms with van der Waals surface area (Å²) >= 11 is 0. The number of nitrogens with two attached hydrogens (primary N) is 1. The molecule has 20 heavy (non-hydrogen) atoms. The van der Waals surface area contributed by atoms with Crippen LogP contribution >= 0.6 is 0 Å². The number of aromatic nitrogens is 2. The number of hydrogen-bond acceptors (Lipinski definition) is 3. The standard InChI is InChI=1S/C16H24N4/c1-4-9-20-16(7-8-18-20)15(19-17)11-14-6-5-12(2)13(3)10-14/h5-8,10,15,19H,4,9,11,17H2,1-3H3. The number of benzene rings is 1. The first-order valence-corrected chi connectivity index (χ1v) is 7.19. The zero-order valence-corrected chi connectivity index (χ0v) is 12.6. The van der Waals surface area contributed by atoms with Crippen LogP contribution in [0.2, 0.25) is 0 Å². The van der Waals surface area contributed by atoms with Crippen molar-refractivity contribution in [3.63, 3.8) is 0 Å². The van der Waals surface area contributed by atoms with Crippen LogP contribution in [0.1, 0.15) is 41.8 Å². The van der Waals surface area contributed by atoms with Crippen molar-refractivity contribution < 1.29 is 0 Å². The quantitative estimate of drug-likeness (QED) is 0.628. The van der Waals surface area contributed by atoms with E-state index in [9.17, 15) is 0 Å². The van der Waals surface area contributed by atoms with E-state index in [1.807, 2.05) is 16.9 Å². The molecule has 1 aromatic carbocycles. The highest BCUT2D eigenvalue weighted by Crippen LogP contribution is 2.19. The van der Waals surface area contributed by atoms with Gasteiger partial charge in [-0.15, -0.1) is 0 Å². The van der Waals surface area contributed by atoms with Crippen LogP contribution in [-0.4, -0.2) is 9.78 Å². The topological polar surface area (TPSA) is 55.9 Å². The fraction of sp³-hybridized carbons (Fsp3) is 0.438. The van der Waals surface area contributed by atoms with Gasteiger partial charge in [0.15, 0.2) is 0 Å². The Morgan fingerprint density at radius 2 is 2.05 bits per heavy atom. The molecule has 0 saturated carbocycles. The summed E-state index contributed by atoms with van der Waals surface area (Å²) in [5.41, 5.74) is 8.00. The summed E-state index contributed by atoms with van der Waals surface area (Å²) in [6.45, 7) is 7.35. The molecular weight excluding hydrogens is 248 g/mol. The van der Waals surface area contributed by atoms with Gasteiger partial charge in [0.1, 0.15) is 0 Å². The second-order valence-corrected chi connectivity index (χ2v) is 5.32. The zero-order valence-electron chi connectivity index (χ0n) is 12.6. The third kappa shape index (κ3) is 3.26. The van der Waals surface area contributed by atoms with Crippen molar-refractivity contribution in [2.45, 2.75) is 46.2 Å². The van der Waals surface area contributed by atoms with Crippen molar-refractivity contribution in [3.05, 3.63) is 52.8 Å². The summed E-state index contributed by atoms with van der Waals surface area (Å²) in [7, 11) is 0. The minimum Gasteiger partial charge on any atom is -0.271 e. The van der Waals surface area contributed by atoms with Crippen LogP contribution in [0.5, 0.6) is 0 Å². The van der Waals surface area contributed by atoms with E-state index >= 15 is 0 Å². The van der Waals surface area contributed by atoms with Gasteiger partial charge in [0, 0.05) is 12.7 Å². The lowest BCUT2D eigenvalue weighted by Gasteiger charge is -2.18. The maximum atomic E-state index is 5.75. The Balaban J connectivity index is 2.19. The fourth-order valence-corrected chi connectivity index (χ4v) is 2.45. The van der Waals surface area contributed by atoms with E-state index in [4.69, 9.17) is 5.84 Å². The van der Waals surface area contributed by atoms with Gasteiger partial charge in [-0.1, -0.05) is 25.1 Å². The Kier molecular flexibility index (Phi) is 4.93. The van der Waals surface area contributed by atoms with Crippen molar-refractivity contribution in [1.82, 2.24) is 15.2 Å². The molecule has 2 rings (SSSR count). The molecule has 0 fully saturated rings. The summed E-state index contributed by atoms with van der Waals surface area (Å²) in [6, 6.07) is 8.71. The normalized spacial score (nSPS) is 12.6. The number of rotatable bonds is 6. The van der Waals surface area contributed by atoms with Crippen LogP contribution in [0.15, 0.2) is 30.5 Å². The summed E-state index contributed by atoms with van der Waals surface area (Å²) < 4.78 is 2.03. The molecule has 4 heteroatoms. The minimum absolute atomic E-state index is 0.0890. The molecule has 0 spiro atoms. The highest BCUT2D eigenvalue weighted by atomic mass is 15.3. The maximum Gasteiger partial charge on any atom is 0.0669 e. The molecule has 1 aromatic heterocycles. The lowest BCUT2D eigenvalue weighted by Crippen LogP contribution is -2.31. The van der Waals surface area contributed by atoms with Crippen molar-refractivity contribution >= 4 is 0 Å². The number of nitrogens with one attached hydrogen (secondary N) is 1. The van der Waals surface area contributed by atoms with Crippen LogP contribution in [0, 0.1) is 13.8 Å². The number of nitrogens with zero attached hydrogens (tertiary/aromatic N) is 2. The predicted octanol–water partition coefficient (Wildman–Crippen LogP) is 2.66. The molecule has 0 amide bonds. The van der Waals surface area contributed by atoms with Gasteiger partial charge in [0.2, 0.25) is 0 Å². The lowest BCUT2D eigenvalue weighted by atomic mass is 9.99. The van der Waals surface area contributed by atoms with Crippen molar-refractivity contribution in [2.75, 3.05) is 0 Å². The molecule has 0 bridgehead atoms. The zero-order chi connectivity index (χ0) is 14.5. The Morgan fingerprint density at radius 1 is 1.25 bits per heavy atom. The maximum absolute atomic E-state index is 5.75. The number of hydrazine groups is 1. The average Bonchev–Trinajstić information content (AvgIpc) is 2.88. The van der Waals surface area contributed by atoms with Crippen molar-refractivity contribution in [3.8, 4) is 0 Å². The first-order chi connectivity index (χ1) is 9.65. The van der Waals surface area contributed by atoms with Crippen LogP contribution in [-0.2, 0) is 13.0 Å². The predicted molar refractivity (Wildman–Crippen MR) is 82.2 cm³/mol. The molecule has 1 unspecified atom stereocenters. The van der Waals surface area contributed by atoms with E-state index < -0.39 is 0 Å². The molecule has 108 valence electrons. The van der Waals surface area contributed by atoms with E-state index in [1.54, 1.807) is 0 Å². The van der Waals surface area contributed by atoms with Gasteiger partial charge < -0.3 is 0 Å².